The highest BCUT2D eigenvalue weighted by Gasteiger charge is 2.20. The number of nitrogens with one attached hydrogen (secondary N) is 1. The number of hydrogen-bond donors (Lipinski definition) is 1. The third kappa shape index (κ3) is 1.51. The molecule has 0 radical (unpaired) electrons. The smallest absolute Gasteiger partial charge is 0.334 e. The highest BCUT2D eigenvalue weighted by Crippen LogP contribution is 2.12. The quantitative estimate of drug-likeness (QED) is 0.388. The SMILES string of the molecule is CSc1nn2c3ccccc3[n+](C)c2c(=N)c1=C=[N-]. The first-order valence-electron chi connectivity index (χ1n) is 5.68. The van der Waals surface area contributed by atoms with Gasteiger partial charge in [0.05, 0.1) is 12.3 Å². The lowest BCUT2D eigenvalue weighted by molar-refractivity contribution is -0.619. The zero-order valence-corrected chi connectivity index (χ0v) is 11.3. The number of aromatic nitrogens is 3. The summed E-state index contributed by atoms with van der Waals surface area (Å²) in [7, 11) is 1.89. The van der Waals surface area contributed by atoms with Crippen LogP contribution in [-0.2, 0) is 7.05 Å². The molecule has 2 heterocycles. The zero-order chi connectivity index (χ0) is 13.6. The second kappa shape index (κ2) is 4.19. The molecular formula is C13H11N5S. The second-order valence-corrected chi connectivity index (χ2v) is 4.95. The summed E-state index contributed by atoms with van der Waals surface area (Å²) < 4.78 is 3.64. The Morgan fingerprint density at radius 1 is 1.42 bits per heavy atom. The van der Waals surface area contributed by atoms with Crippen molar-refractivity contribution >= 4 is 34.3 Å². The van der Waals surface area contributed by atoms with Crippen LogP contribution < -0.4 is 15.1 Å². The minimum Gasteiger partial charge on any atom is -0.763 e. The number of aryl methyl sites for hydroxylation is 1. The molecule has 0 atom stereocenters. The number of imidazole rings is 1. The molecule has 0 spiro atoms. The number of para-hydroxylation sites is 2. The van der Waals surface area contributed by atoms with E-state index in [1.807, 2.05) is 42.1 Å². The zero-order valence-electron chi connectivity index (χ0n) is 10.5. The van der Waals surface area contributed by atoms with Crippen molar-refractivity contribution < 1.29 is 4.57 Å². The Kier molecular flexibility index (Phi) is 2.62. The molecule has 1 N–H and O–H groups in total. The van der Waals surface area contributed by atoms with Crippen LogP contribution >= 0.6 is 11.8 Å². The molecule has 0 amide bonds. The second-order valence-electron chi connectivity index (χ2n) is 4.15. The van der Waals surface area contributed by atoms with Crippen LogP contribution in [0.4, 0.5) is 0 Å². The Bertz CT molecular complexity index is 937. The Labute approximate surface area is 113 Å². The van der Waals surface area contributed by atoms with Gasteiger partial charge in [0, 0.05) is 0 Å². The summed E-state index contributed by atoms with van der Waals surface area (Å²) >= 11 is 1.38. The van der Waals surface area contributed by atoms with Crippen molar-refractivity contribution in [1.82, 2.24) is 9.61 Å². The van der Waals surface area contributed by atoms with E-state index >= 15 is 0 Å². The van der Waals surface area contributed by atoms with Gasteiger partial charge in [0.25, 0.3) is 0 Å². The van der Waals surface area contributed by atoms with Gasteiger partial charge in [-0.15, -0.1) is 11.8 Å². The summed E-state index contributed by atoms with van der Waals surface area (Å²) in [6, 6.07) is 7.84. The molecule has 0 bridgehead atoms. The fourth-order valence-electron chi connectivity index (χ4n) is 2.28. The summed E-state index contributed by atoms with van der Waals surface area (Å²) in [5.74, 6) is 2.08. The minimum absolute atomic E-state index is 0.223. The van der Waals surface area contributed by atoms with Crippen molar-refractivity contribution in [3.05, 3.63) is 40.3 Å². The highest BCUT2D eigenvalue weighted by molar-refractivity contribution is 7.98. The molecule has 5 nitrogen and oxygen atoms in total. The predicted octanol–water partition coefficient (Wildman–Crippen LogP) is 0.143. The van der Waals surface area contributed by atoms with Crippen molar-refractivity contribution in [1.29, 1.82) is 5.41 Å². The van der Waals surface area contributed by atoms with Crippen LogP contribution in [0.25, 0.3) is 22.1 Å². The highest BCUT2D eigenvalue weighted by atomic mass is 32.2. The summed E-state index contributed by atoms with van der Waals surface area (Å²) in [6.45, 7) is 0. The van der Waals surface area contributed by atoms with Crippen molar-refractivity contribution in [3.8, 4) is 0 Å². The van der Waals surface area contributed by atoms with E-state index in [4.69, 9.17) is 5.41 Å². The van der Waals surface area contributed by atoms with Gasteiger partial charge in [-0.05, 0) is 18.4 Å². The molecule has 0 aliphatic rings. The number of rotatable bonds is 1. The summed E-state index contributed by atoms with van der Waals surface area (Å²) in [6.07, 6.45) is 1.86. The van der Waals surface area contributed by atoms with Crippen molar-refractivity contribution in [2.24, 2.45) is 7.05 Å². The minimum atomic E-state index is 0.223. The number of fused-ring (bicyclic) bond motifs is 3. The molecule has 3 rings (SSSR count). The molecule has 2 aromatic heterocycles. The molecular weight excluding hydrogens is 258 g/mol. The monoisotopic (exact) mass is 269 g/mol. The van der Waals surface area contributed by atoms with Gasteiger partial charge in [0.15, 0.2) is 15.9 Å². The van der Waals surface area contributed by atoms with E-state index in [9.17, 15) is 5.41 Å². The van der Waals surface area contributed by atoms with Crippen LogP contribution in [0, 0.1) is 5.41 Å². The average molecular weight is 269 g/mol. The van der Waals surface area contributed by atoms with Crippen LogP contribution in [0.1, 0.15) is 0 Å². The number of thioether (sulfide) groups is 1. The van der Waals surface area contributed by atoms with Crippen molar-refractivity contribution in [3.63, 3.8) is 0 Å². The molecule has 0 aliphatic heterocycles. The molecule has 3 aromatic rings. The van der Waals surface area contributed by atoms with Crippen LogP contribution in [-0.4, -0.2) is 21.7 Å². The topological polar surface area (TPSA) is 67.3 Å². The van der Waals surface area contributed by atoms with Gasteiger partial charge in [-0.25, -0.2) is 4.57 Å². The van der Waals surface area contributed by atoms with Gasteiger partial charge in [-0.2, -0.15) is 0 Å². The fourth-order valence-corrected chi connectivity index (χ4v) is 2.79. The van der Waals surface area contributed by atoms with Crippen molar-refractivity contribution in [2.45, 2.75) is 5.03 Å². The van der Waals surface area contributed by atoms with Gasteiger partial charge in [0.1, 0.15) is 0 Å². The Morgan fingerprint density at radius 2 is 2.16 bits per heavy atom. The van der Waals surface area contributed by atoms with Gasteiger partial charge in [-0.1, -0.05) is 21.7 Å². The summed E-state index contributed by atoms with van der Waals surface area (Å²) in [4.78, 5) is 0. The lowest BCUT2D eigenvalue weighted by Gasteiger charge is -1.95. The summed E-state index contributed by atoms with van der Waals surface area (Å²) in [5, 5.41) is 23.1. The first kappa shape index (κ1) is 11.9. The maximum Gasteiger partial charge on any atom is 0.334 e. The largest absolute Gasteiger partial charge is 0.763 e. The summed E-state index contributed by atoms with van der Waals surface area (Å²) in [5.41, 5.74) is 2.56. The van der Waals surface area contributed by atoms with E-state index in [1.165, 1.54) is 11.8 Å². The van der Waals surface area contributed by atoms with Gasteiger partial charge in [0.2, 0.25) is 5.52 Å². The van der Waals surface area contributed by atoms with Gasteiger partial charge in [-0.3, -0.25) is 11.3 Å². The molecule has 0 saturated heterocycles. The average Bonchev–Trinajstić information content (AvgIpc) is 2.73. The van der Waals surface area contributed by atoms with Crippen LogP contribution in [0.5, 0.6) is 0 Å². The molecule has 94 valence electrons. The van der Waals surface area contributed by atoms with E-state index < -0.39 is 0 Å². The van der Waals surface area contributed by atoms with E-state index in [0.29, 0.717) is 15.9 Å². The maximum absolute atomic E-state index is 9.21. The first-order chi connectivity index (χ1) is 9.19. The Hall–Kier alpha value is -2.17. The lowest BCUT2D eigenvalue weighted by atomic mass is 10.3. The van der Waals surface area contributed by atoms with Crippen LogP contribution in [0.3, 0.4) is 0 Å². The number of benzene rings is 1. The fraction of sp³-hybridized carbons (Fsp3) is 0.154. The third-order valence-electron chi connectivity index (χ3n) is 3.17. The van der Waals surface area contributed by atoms with Crippen LogP contribution in [0.15, 0.2) is 29.3 Å². The normalized spacial score (nSPS) is 11.1. The Morgan fingerprint density at radius 3 is 2.84 bits per heavy atom. The van der Waals surface area contributed by atoms with Gasteiger partial charge < -0.3 is 5.41 Å². The van der Waals surface area contributed by atoms with E-state index in [-0.39, 0.29) is 5.36 Å². The molecule has 0 aliphatic carbocycles. The van der Waals surface area contributed by atoms with E-state index in [2.05, 4.69) is 11.0 Å². The van der Waals surface area contributed by atoms with E-state index in [0.717, 1.165) is 11.0 Å². The maximum atomic E-state index is 9.21. The van der Waals surface area contributed by atoms with Gasteiger partial charge >= 0.3 is 5.65 Å². The van der Waals surface area contributed by atoms with Crippen LogP contribution in [0.2, 0.25) is 0 Å². The predicted molar refractivity (Wildman–Crippen MR) is 74.2 cm³/mol. The molecule has 19 heavy (non-hydrogen) atoms. The Balaban J connectivity index is 2.73. The van der Waals surface area contributed by atoms with E-state index in [1.54, 1.807) is 4.52 Å². The third-order valence-corrected chi connectivity index (χ3v) is 3.85. The van der Waals surface area contributed by atoms with Crippen molar-refractivity contribution in [2.75, 3.05) is 6.26 Å². The lowest BCUT2D eigenvalue weighted by Crippen LogP contribution is -2.40. The molecule has 6 heteroatoms. The molecule has 0 unspecified atom stereocenters. The molecule has 0 saturated carbocycles. The number of hydrogen-bond acceptors (Lipinski definition) is 3. The number of nitrogens with zero attached hydrogens (tertiary/aromatic N) is 4. The molecule has 1 aromatic carbocycles. The standard InChI is InChI=1S/C13H11N5S/c1-17-9-5-3-4-6-10(9)18-13(17)11(15)8(7-14)12(16-18)19-2/h3-6,15H,1-2H3. The first-order valence-corrected chi connectivity index (χ1v) is 6.90. The molecule has 0 fully saturated rings.